The van der Waals surface area contributed by atoms with Gasteiger partial charge in [0.05, 0.1) is 11.3 Å². The fraction of sp³-hybridized carbons (Fsp3) is 0.300. The lowest BCUT2D eigenvalue weighted by molar-refractivity contribution is -0.137. The Kier molecular flexibility index (Phi) is 9.60. The predicted octanol–water partition coefficient (Wildman–Crippen LogP) is 2.21. The number of rotatable bonds is 7. The topological polar surface area (TPSA) is 122 Å². The molecule has 1 aromatic heterocycles. The van der Waals surface area contributed by atoms with Crippen LogP contribution < -0.4 is 10.2 Å². The van der Waals surface area contributed by atoms with Crippen molar-refractivity contribution in [1.82, 2.24) is 14.7 Å². The average Bonchev–Trinajstić information content (AvgIpc) is 2.68. The quantitative estimate of drug-likeness (QED) is 0.607. The number of likely N-dealkylation sites (N-methyl/N-ethyl adjacent to an activating group) is 1. The first-order valence-corrected chi connectivity index (χ1v) is 9.01. The summed E-state index contributed by atoms with van der Waals surface area (Å²) in [5.74, 6) is -2.65. The van der Waals surface area contributed by atoms with E-state index in [9.17, 15) is 27.6 Å². The van der Waals surface area contributed by atoms with Gasteiger partial charge in [0.25, 0.3) is 5.88 Å². The molecule has 0 unspecified atom stereocenters. The van der Waals surface area contributed by atoms with Crippen LogP contribution in [0.25, 0.3) is 5.69 Å². The number of hydrogen-bond acceptors (Lipinski definition) is 6. The van der Waals surface area contributed by atoms with Gasteiger partial charge in [-0.3, -0.25) is 4.79 Å². The molecule has 174 valence electrons. The van der Waals surface area contributed by atoms with Crippen molar-refractivity contribution < 1.29 is 37.7 Å². The molecule has 0 amide bonds. The van der Waals surface area contributed by atoms with Gasteiger partial charge >= 0.3 is 18.1 Å². The largest absolute Gasteiger partial charge is 0.478 e. The molecule has 2 N–H and O–H groups in total. The van der Waals surface area contributed by atoms with Crippen LogP contribution in [0, 0.1) is 6.92 Å². The maximum absolute atomic E-state index is 12.9. The summed E-state index contributed by atoms with van der Waals surface area (Å²) < 4.78 is 45.2. The van der Waals surface area contributed by atoms with Crippen LogP contribution in [0.1, 0.15) is 11.3 Å². The monoisotopic (exact) mass is 457 g/mol. The minimum absolute atomic E-state index is 0.139. The number of carbonyl (C=O) groups is 2. The maximum atomic E-state index is 12.9. The van der Waals surface area contributed by atoms with Crippen LogP contribution in [0.2, 0.25) is 0 Å². The number of benzene rings is 1. The van der Waals surface area contributed by atoms with Crippen molar-refractivity contribution in [3.05, 3.63) is 64.0 Å². The van der Waals surface area contributed by atoms with Gasteiger partial charge in [-0.05, 0) is 39.2 Å². The second-order valence-electron chi connectivity index (χ2n) is 6.58. The first-order chi connectivity index (χ1) is 14.8. The number of aliphatic carboxylic acids is 2. The first kappa shape index (κ1) is 26.4. The Morgan fingerprint density at radius 2 is 1.75 bits per heavy atom. The van der Waals surface area contributed by atoms with Crippen LogP contribution in [-0.2, 0) is 15.8 Å². The molecule has 0 aliphatic carbocycles. The first-order valence-electron chi connectivity index (χ1n) is 9.01. The van der Waals surface area contributed by atoms with Gasteiger partial charge in [-0.2, -0.15) is 13.2 Å². The Morgan fingerprint density at radius 1 is 1.16 bits per heavy atom. The van der Waals surface area contributed by atoms with E-state index in [0.29, 0.717) is 24.4 Å². The van der Waals surface area contributed by atoms with Gasteiger partial charge in [-0.15, -0.1) is 5.10 Å². The van der Waals surface area contributed by atoms with E-state index in [1.807, 2.05) is 19.0 Å². The average molecular weight is 457 g/mol. The second-order valence-corrected chi connectivity index (χ2v) is 6.58. The normalized spacial score (nSPS) is 11.2. The Hall–Kier alpha value is -3.67. The highest BCUT2D eigenvalue weighted by molar-refractivity contribution is 5.89. The minimum Gasteiger partial charge on any atom is -0.478 e. The summed E-state index contributed by atoms with van der Waals surface area (Å²) in [4.78, 5) is 32.9. The molecule has 1 aromatic carbocycles. The van der Waals surface area contributed by atoms with E-state index in [1.165, 1.54) is 22.9 Å². The number of hydrogen-bond donors (Lipinski definition) is 2. The highest BCUT2D eigenvalue weighted by Gasteiger charge is 2.30. The summed E-state index contributed by atoms with van der Waals surface area (Å²) >= 11 is 0. The number of aryl methyl sites for hydroxylation is 1. The van der Waals surface area contributed by atoms with Crippen molar-refractivity contribution in [1.29, 1.82) is 0 Å². The maximum Gasteiger partial charge on any atom is 0.416 e. The van der Waals surface area contributed by atoms with E-state index in [1.54, 1.807) is 6.92 Å². The molecule has 0 bridgehead atoms. The third kappa shape index (κ3) is 9.00. The van der Waals surface area contributed by atoms with Crippen molar-refractivity contribution in [2.75, 3.05) is 27.2 Å². The van der Waals surface area contributed by atoms with Crippen LogP contribution in [0.5, 0.6) is 5.88 Å². The zero-order valence-electron chi connectivity index (χ0n) is 17.5. The third-order valence-corrected chi connectivity index (χ3v) is 3.64. The third-order valence-electron chi connectivity index (χ3n) is 3.64. The fourth-order valence-corrected chi connectivity index (χ4v) is 2.17. The zero-order valence-corrected chi connectivity index (χ0v) is 17.5. The molecular formula is C20H22F3N3O6. The lowest BCUT2D eigenvalue weighted by Crippen LogP contribution is -2.23. The van der Waals surface area contributed by atoms with E-state index < -0.39 is 29.1 Å². The van der Waals surface area contributed by atoms with Gasteiger partial charge < -0.3 is 19.8 Å². The van der Waals surface area contributed by atoms with Gasteiger partial charge in [-0.25, -0.2) is 14.3 Å². The number of alkyl halides is 3. The van der Waals surface area contributed by atoms with E-state index in [0.717, 1.165) is 12.1 Å². The standard InChI is InChI=1S/C16H18F3N3O2.C4H4O4/c1-11-9-14(23)15(24-8-7-21(2)3)20-22(11)13-6-4-5-12(10-13)16(17,18)19;5-3(6)1-2-4(7)8/h4-6,9-10H,7-8H2,1-3H3;1-2H,(H,5,6)(H,7,8)/b;2-1-. The van der Waals surface area contributed by atoms with Crippen LogP contribution in [0.4, 0.5) is 13.2 Å². The lowest BCUT2D eigenvalue weighted by Gasteiger charge is -2.14. The summed E-state index contributed by atoms with van der Waals surface area (Å²) in [6, 6.07) is 6.04. The molecule has 0 fully saturated rings. The van der Waals surface area contributed by atoms with Crippen LogP contribution in [0.3, 0.4) is 0 Å². The Bertz CT molecular complexity index is 1020. The van der Waals surface area contributed by atoms with Crippen molar-refractivity contribution in [3.8, 4) is 11.6 Å². The molecule has 0 saturated heterocycles. The number of nitrogens with zero attached hydrogens (tertiary/aromatic N) is 3. The molecule has 0 saturated carbocycles. The second kappa shape index (κ2) is 11.6. The molecule has 0 radical (unpaired) electrons. The number of aromatic nitrogens is 2. The van der Waals surface area contributed by atoms with E-state index >= 15 is 0 Å². The molecule has 2 rings (SSSR count). The van der Waals surface area contributed by atoms with Crippen LogP contribution in [0.15, 0.2) is 47.3 Å². The Labute approximate surface area is 181 Å². The van der Waals surface area contributed by atoms with Gasteiger partial charge in [0, 0.05) is 30.5 Å². The molecule has 0 aliphatic rings. The van der Waals surface area contributed by atoms with Crippen molar-refractivity contribution in [2.45, 2.75) is 13.1 Å². The van der Waals surface area contributed by atoms with Crippen molar-refractivity contribution in [2.24, 2.45) is 0 Å². The summed E-state index contributed by atoms with van der Waals surface area (Å²) in [6.45, 7) is 2.43. The Balaban J connectivity index is 0.000000547. The number of carboxylic acid groups (broad SMARTS) is 2. The molecule has 2 aromatic rings. The van der Waals surface area contributed by atoms with Gasteiger partial charge in [0.2, 0.25) is 5.43 Å². The molecule has 1 heterocycles. The lowest BCUT2D eigenvalue weighted by atomic mass is 10.2. The summed E-state index contributed by atoms with van der Waals surface area (Å²) in [7, 11) is 3.71. The fourth-order valence-electron chi connectivity index (χ4n) is 2.17. The molecular weight excluding hydrogens is 435 g/mol. The predicted molar refractivity (Wildman–Crippen MR) is 108 cm³/mol. The molecule has 0 spiro atoms. The number of halogens is 3. The SMILES string of the molecule is Cc1cc(=O)c(OCCN(C)C)nn1-c1cccc(C(F)(F)F)c1.O=C(O)/C=C\C(=O)O. The summed E-state index contributed by atoms with van der Waals surface area (Å²) in [6.07, 6.45) is -3.33. The van der Waals surface area contributed by atoms with Crippen molar-refractivity contribution in [3.63, 3.8) is 0 Å². The zero-order chi connectivity index (χ0) is 24.5. The van der Waals surface area contributed by atoms with E-state index in [2.05, 4.69) is 5.10 Å². The van der Waals surface area contributed by atoms with Gasteiger partial charge in [0.1, 0.15) is 6.61 Å². The van der Waals surface area contributed by atoms with E-state index in [-0.39, 0.29) is 18.2 Å². The van der Waals surface area contributed by atoms with Gasteiger partial charge in [0.15, 0.2) is 0 Å². The minimum atomic E-state index is -4.45. The molecule has 9 nitrogen and oxygen atoms in total. The van der Waals surface area contributed by atoms with Crippen LogP contribution >= 0.6 is 0 Å². The van der Waals surface area contributed by atoms with Crippen LogP contribution in [-0.4, -0.2) is 64.1 Å². The highest BCUT2D eigenvalue weighted by Crippen LogP contribution is 2.30. The molecule has 12 heteroatoms. The van der Waals surface area contributed by atoms with Crippen molar-refractivity contribution >= 4 is 11.9 Å². The number of ether oxygens (including phenoxy) is 1. The van der Waals surface area contributed by atoms with Gasteiger partial charge in [-0.1, -0.05) is 6.07 Å². The Morgan fingerprint density at radius 3 is 2.25 bits per heavy atom. The molecule has 0 aliphatic heterocycles. The molecule has 0 atom stereocenters. The highest BCUT2D eigenvalue weighted by atomic mass is 19.4. The smallest absolute Gasteiger partial charge is 0.416 e. The summed E-state index contributed by atoms with van der Waals surface area (Å²) in [5.41, 5.74) is -0.566. The number of carboxylic acids is 2. The molecule has 32 heavy (non-hydrogen) atoms. The van der Waals surface area contributed by atoms with E-state index in [4.69, 9.17) is 14.9 Å². The summed E-state index contributed by atoms with van der Waals surface area (Å²) in [5, 5.41) is 19.7.